The summed E-state index contributed by atoms with van der Waals surface area (Å²) in [6, 6.07) is 4.65. The highest BCUT2D eigenvalue weighted by Gasteiger charge is 2.17. The Morgan fingerprint density at radius 2 is 2.00 bits per heavy atom. The highest BCUT2D eigenvalue weighted by molar-refractivity contribution is 5.87. The molecule has 1 aliphatic rings. The van der Waals surface area contributed by atoms with Crippen molar-refractivity contribution in [3.05, 3.63) is 29.7 Å². The maximum Gasteiger partial charge on any atom is 0.142 e. The average molecular weight is 234 g/mol. The lowest BCUT2D eigenvalue weighted by Crippen LogP contribution is -2.21. The number of halogens is 1. The standard InChI is InChI=1S/C13H15FN2O/c1-15-3-2-11-7-9-6-10(14)8-12(17)13(9)16(11)5-4-15/h6-8,17H,2-5H2,1H3. The molecule has 1 aromatic carbocycles. The smallest absolute Gasteiger partial charge is 0.142 e. The number of aromatic hydroxyl groups is 1. The Hall–Kier alpha value is -1.55. The van der Waals surface area contributed by atoms with Crippen molar-refractivity contribution >= 4 is 10.9 Å². The molecule has 0 fully saturated rings. The summed E-state index contributed by atoms with van der Waals surface area (Å²) in [4.78, 5) is 2.26. The van der Waals surface area contributed by atoms with Crippen LogP contribution in [0.3, 0.4) is 0 Å². The van der Waals surface area contributed by atoms with Crippen LogP contribution in [0.1, 0.15) is 5.69 Å². The Labute approximate surface area is 99.1 Å². The first-order valence-corrected chi connectivity index (χ1v) is 5.84. The summed E-state index contributed by atoms with van der Waals surface area (Å²) < 4.78 is 15.3. The van der Waals surface area contributed by atoms with Crippen molar-refractivity contribution in [1.29, 1.82) is 0 Å². The number of nitrogens with zero attached hydrogens (tertiary/aromatic N) is 2. The molecule has 90 valence electrons. The Kier molecular flexibility index (Phi) is 2.33. The molecule has 0 bridgehead atoms. The van der Waals surface area contributed by atoms with Gasteiger partial charge in [-0.25, -0.2) is 4.39 Å². The highest BCUT2D eigenvalue weighted by Crippen LogP contribution is 2.30. The van der Waals surface area contributed by atoms with Gasteiger partial charge in [0.2, 0.25) is 0 Å². The van der Waals surface area contributed by atoms with Crippen LogP contribution in [0.5, 0.6) is 5.75 Å². The third-order valence-electron chi connectivity index (χ3n) is 3.48. The number of hydrogen-bond donors (Lipinski definition) is 1. The molecule has 0 saturated carbocycles. The zero-order valence-electron chi connectivity index (χ0n) is 9.78. The van der Waals surface area contributed by atoms with Crippen LogP contribution in [-0.2, 0) is 13.0 Å². The van der Waals surface area contributed by atoms with Crippen molar-refractivity contribution in [2.45, 2.75) is 13.0 Å². The number of fused-ring (bicyclic) bond motifs is 3. The summed E-state index contributed by atoms with van der Waals surface area (Å²) in [6.07, 6.45) is 0.937. The first-order chi connectivity index (χ1) is 8.15. The molecule has 0 amide bonds. The van der Waals surface area contributed by atoms with E-state index in [2.05, 4.69) is 16.5 Å². The van der Waals surface area contributed by atoms with Crippen LogP contribution in [0.4, 0.5) is 4.39 Å². The van der Waals surface area contributed by atoms with Crippen molar-refractivity contribution < 1.29 is 9.50 Å². The highest BCUT2D eigenvalue weighted by atomic mass is 19.1. The molecule has 17 heavy (non-hydrogen) atoms. The molecule has 0 atom stereocenters. The Bertz CT molecular complexity index is 576. The van der Waals surface area contributed by atoms with Gasteiger partial charge in [-0.05, 0) is 19.2 Å². The summed E-state index contributed by atoms with van der Waals surface area (Å²) in [6.45, 7) is 2.79. The fourth-order valence-corrected chi connectivity index (χ4v) is 2.56. The van der Waals surface area contributed by atoms with Crippen LogP contribution in [-0.4, -0.2) is 34.7 Å². The molecule has 1 N–H and O–H groups in total. The third kappa shape index (κ3) is 1.69. The van der Waals surface area contributed by atoms with E-state index in [-0.39, 0.29) is 11.6 Å². The zero-order chi connectivity index (χ0) is 12.0. The first kappa shape index (κ1) is 10.6. The van der Waals surface area contributed by atoms with Crippen molar-refractivity contribution in [2.24, 2.45) is 0 Å². The van der Waals surface area contributed by atoms with Crippen LogP contribution in [0.25, 0.3) is 10.9 Å². The minimum atomic E-state index is -0.382. The third-order valence-corrected chi connectivity index (χ3v) is 3.48. The van der Waals surface area contributed by atoms with Crippen LogP contribution in [0.2, 0.25) is 0 Å². The molecule has 0 aliphatic carbocycles. The monoisotopic (exact) mass is 234 g/mol. The van der Waals surface area contributed by atoms with Gasteiger partial charge >= 0.3 is 0 Å². The minimum Gasteiger partial charge on any atom is -0.506 e. The van der Waals surface area contributed by atoms with Gasteiger partial charge in [0.15, 0.2) is 0 Å². The van der Waals surface area contributed by atoms with Gasteiger partial charge in [-0.2, -0.15) is 0 Å². The van der Waals surface area contributed by atoms with E-state index in [0.29, 0.717) is 0 Å². The normalized spacial score (nSPS) is 17.1. The maximum absolute atomic E-state index is 13.2. The molecule has 0 unspecified atom stereocenters. The molecule has 3 rings (SSSR count). The predicted octanol–water partition coefficient (Wildman–Crippen LogP) is 1.97. The average Bonchev–Trinajstić information content (AvgIpc) is 2.52. The van der Waals surface area contributed by atoms with Gasteiger partial charge in [0, 0.05) is 43.2 Å². The van der Waals surface area contributed by atoms with Crippen molar-refractivity contribution in [2.75, 3.05) is 20.1 Å². The van der Waals surface area contributed by atoms with Gasteiger partial charge in [0.05, 0.1) is 5.52 Å². The lowest BCUT2D eigenvalue weighted by atomic mass is 10.2. The molecular weight excluding hydrogens is 219 g/mol. The van der Waals surface area contributed by atoms with Crippen LogP contribution < -0.4 is 0 Å². The topological polar surface area (TPSA) is 28.4 Å². The van der Waals surface area contributed by atoms with E-state index in [9.17, 15) is 9.50 Å². The number of aromatic nitrogens is 1. The van der Waals surface area contributed by atoms with Gasteiger partial charge in [-0.15, -0.1) is 0 Å². The number of rotatable bonds is 0. The molecule has 0 spiro atoms. The van der Waals surface area contributed by atoms with Gasteiger partial charge in [0.25, 0.3) is 0 Å². The second kappa shape index (κ2) is 3.74. The van der Waals surface area contributed by atoms with E-state index in [1.54, 1.807) is 0 Å². The second-order valence-electron chi connectivity index (χ2n) is 4.70. The summed E-state index contributed by atoms with van der Waals surface area (Å²) in [5.74, 6) is -0.344. The maximum atomic E-state index is 13.2. The molecule has 2 heterocycles. The molecular formula is C13H15FN2O. The van der Waals surface area contributed by atoms with Gasteiger partial charge in [-0.3, -0.25) is 0 Å². The van der Waals surface area contributed by atoms with E-state index >= 15 is 0 Å². The molecule has 2 aromatic rings. The molecule has 1 aromatic heterocycles. The minimum absolute atomic E-state index is 0.0378. The van der Waals surface area contributed by atoms with Crippen molar-refractivity contribution in [1.82, 2.24) is 9.47 Å². The summed E-state index contributed by atoms with van der Waals surface area (Å²) in [7, 11) is 2.09. The predicted molar refractivity (Wildman–Crippen MR) is 64.8 cm³/mol. The molecule has 3 nitrogen and oxygen atoms in total. The molecule has 0 saturated heterocycles. The van der Waals surface area contributed by atoms with Crippen LogP contribution in [0, 0.1) is 5.82 Å². The van der Waals surface area contributed by atoms with Crippen molar-refractivity contribution in [3.63, 3.8) is 0 Å². The molecule has 0 radical (unpaired) electrons. The number of likely N-dealkylation sites (N-methyl/N-ethyl adjacent to an activating group) is 1. The van der Waals surface area contributed by atoms with E-state index in [4.69, 9.17) is 0 Å². The summed E-state index contributed by atoms with van der Waals surface area (Å²) >= 11 is 0. The first-order valence-electron chi connectivity index (χ1n) is 5.84. The number of phenols is 1. The van der Waals surface area contributed by atoms with Gasteiger partial charge in [0.1, 0.15) is 11.6 Å². The van der Waals surface area contributed by atoms with Crippen LogP contribution >= 0.6 is 0 Å². The van der Waals surface area contributed by atoms with E-state index in [1.807, 2.05) is 6.07 Å². The Balaban J connectivity index is 2.21. The number of phenolic OH excluding ortho intramolecular Hbond substituents is 1. The Morgan fingerprint density at radius 1 is 1.18 bits per heavy atom. The molecule has 1 aliphatic heterocycles. The number of hydrogen-bond acceptors (Lipinski definition) is 2. The van der Waals surface area contributed by atoms with E-state index < -0.39 is 0 Å². The van der Waals surface area contributed by atoms with Gasteiger partial charge < -0.3 is 14.6 Å². The quantitative estimate of drug-likeness (QED) is 0.755. The van der Waals surface area contributed by atoms with E-state index in [1.165, 1.54) is 17.8 Å². The fraction of sp³-hybridized carbons (Fsp3) is 0.385. The second-order valence-corrected chi connectivity index (χ2v) is 4.70. The van der Waals surface area contributed by atoms with Crippen LogP contribution in [0.15, 0.2) is 18.2 Å². The summed E-state index contributed by atoms with van der Waals surface area (Å²) in [5.41, 5.74) is 1.93. The SMILES string of the molecule is CN1CCc2cc3cc(F)cc(O)c3n2CC1. The lowest BCUT2D eigenvalue weighted by molar-refractivity contribution is 0.342. The largest absolute Gasteiger partial charge is 0.506 e. The van der Waals surface area contributed by atoms with E-state index in [0.717, 1.165) is 37.0 Å². The summed E-state index contributed by atoms with van der Waals surface area (Å²) in [5, 5.41) is 10.7. The Morgan fingerprint density at radius 3 is 2.82 bits per heavy atom. The van der Waals surface area contributed by atoms with Gasteiger partial charge in [-0.1, -0.05) is 0 Å². The zero-order valence-corrected chi connectivity index (χ0v) is 9.78. The molecule has 4 heteroatoms. The number of benzene rings is 1. The van der Waals surface area contributed by atoms with Crippen molar-refractivity contribution in [3.8, 4) is 5.75 Å². The lowest BCUT2D eigenvalue weighted by Gasteiger charge is -2.12. The fourth-order valence-electron chi connectivity index (χ4n) is 2.56.